The summed E-state index contributed by atoms with van der Waals surface area (Å²) >= 11 is 3.44. The van der Waals surface area contributed by atoms with Crippen molar-refractivity contribution in [1.82, 2.24) is 0 Å². The van der Waals surface area contributed by atoms with Gasteiger partial charge in [-0.05, 0) is 52.7 Å². The van der Waals surface area contributed by atoms with E-state index < -0.39 is 6.10 Å². The summed E-state index contributed by atoms with van der Waals surface area (Å²) in [5.74, 6) is 0.113. The molecule has 1 aliphatic rings. The lowest BCUT2D eigenvalue weighted by molar-refractivity contribution is -0.123. The molecule has 1 N–H and O–H groups in total. The van der Waals surface area contributed by atoms with Crippen LogP contribution in [0.5, 0.6) is 5.75 Å². The van der Waals surface area contributed by atoms with E-state index in [0.717, 1.165) is 10.0 Å². The van der Waals surface area contributed by atoms with E-state index in [-0.39, 0.29) is 18.4 Å². The van der Waals surface area contributed by atoms with E-state index in [1.54, 1.807) is 17.0 Å². The lowest BCUT2D eigenvalue weighted by atomic mass is 10.1. The van der Waals surface area contributed by atoms with Crippen molar-refractivity contribution < 1.29 is 14.3 Å². The predicted molar refractivity (Wildman–Crippen MR) is 96.4 cm³/mol. The summed E-state index contributed by atoms with van der Waals surface area (Å²) in [6, 6.07) is 12.9. The summed E-state index contributed by atoms with van der Waals surface area (Å²) < 4.78 is 6.59. The monoisotopic (exact) mass is 388 g/mol. The molecule has 2 aromatic carbocycles. The number of ether oxygens (including phenoxy) is 1. The highest BCUT2D eigenvalue weighted by Crippen LogP contribution is 2.33. The summed E-state index contributed by atoms with van der Waals surface area (Å²) in [6.45, 7) is 3.64. The van der Waals surface area contributed by atoms with Gasteiger partial charge in [-0.15, -0.1) is 0 Å². The minimum Gasteiger partial charge on any atom is -0.476 e. The third-order valence-corrected chi connectivity index (χ3v) is 4.48. The fourth-order valence-corrected chi connectivity index (χ4v) is 3.20. The number of anilines is 2. The van der Waals surface area contributed by atoms with Gasteiger partial charge in [0.15, 0.2) is 6.10 Å². The van der Waals surface area contributed by atoms with Gasteiger partial charge in [0.25, 0.3) is 5.91 Å². The van der Waals surface area contributed by atoms with Gasteiger partial charge in [0.05, 0.1) is 17.9 Å². The highest BCUT2D eigenvalue weighted by Gasteiger charge is 2.32. The fraction of sp³-hybridized carbons (Fsp3) is 0.222. The van der Waals surface area contributed by atoms with Crippen molar-refractivity contribution in [2.45, 2.75) is 20.0 Å². The topological polar surface area (TPSA) is 58.6 Å². The van der Waals surface area contributed by atoms with Crippen LogP contribution in [0, 0.1) is 6.92 Å². The maximum atomic E-state index is 12.6. The number of nitrogens with one attached hydrogen (secondary N) is 1. The molecule has 0 aromatic heterocycles. The number of fused-ring (bicyclic) bond motifs is 1. The van der Waals surface area contributed by atoms with E-state index >= 15 is 0 Å². The Labute approximate surface area is 148 Å². The molecule has 6 heteroatoms. The highest BCUT2D eigenvalue weighted by molar-refractivity contribution is 9.10. The molecule has 0 bridgehead atoms. The van der Waals surface area contributed by atoms with Gasteiger partial charge in [-0.2, -0.15) is 0 Å². The fourth-order valence-electron chi connectivity index (χ4n) is 2.60. The highest BCUT2D eigenvalue weighted by atomic mass is 79.9. The van der Waals surface area contributed by atoms with Crippen LogP contribution in [0.1, 0.15) is 12.5 Å². The normalized spacial score (nSPS) is 16.1. The predicted octanol–water partition coefficient (Wildman–Crippen LogP) is 3.51. The summed E-state index contributed by atoms with van der Waals surface area (Å²) in [6.07, 6.45) is -0.767. The van der Waals surface area contributed by atoms with Crippen LogP contribution in [-0.2, 0) is 9.59 Å². The van der Waals surface area contributed by atoms with Crippen LogP contribution >= 0.6 is 15.9 Å². The number of benzene rings is 2. The molecule has 3 rings (SSSR count). The average molecular weight is 389 g/mol. The second kappa shape index (κ2) is 6.65. The van der Waals surface area contributed by atoms with Crippen LogP contribution in [0.15, 0.2) is 46.9 Å². The average Bonchev–Trinajstić information content (AvgIpc) is 2.56. The largest absolute Gasteiger partial charge is 0.476 e. The molecule has 1 aliphatic heterocycles. The van der Waals surface area contributed by atoms with Gasteiger partial charge >= 0.3 is 0 Å². The van der Waals surface area contributed by atoms with E-state index in [9.17, 15) is 9.59 Å². The number of rotatable bonds is 2. The maximum Gasteiger partial charge on any atom is 0.267 e. The first-order chi connectivity index (χ1) is 11.5. The molecule has 0 radical (unpaired) electrons. The summed E-state index contributed by atoms with van der Waals surface area (Å²) in [7, 11) is 0. The lowest BCUT2D eigenvalue weighted by Gasteiger charge is -2.33. The Morgan fingerprint density at radius 3 is 2.71 bits per heavy atom. The third-order valence-electron chi connectivity index (χ3n) is 3.83. The Morgan fingerprint density at radius 1 is 1.25 bits per heavy atom. The number of aryl methyl sites for hydroxylation is 1. The number of halogens is 1. The van der Waals surface area contributed by atoms with Crippen molar-refractivity contribution in [1.29, 1.82) is 0 Å². The number of nitrogens with zero attached hydrogens (tertiary/aromatic N) is 1. The molecule has 0 spiro atoms. The first-order valence-corrected chi connectivity index (χ1v) is 8.36. The van der Waals surface area contributed by atoms with Crippen LogP contribution in [0.4, 0.5) is 11.4 Å². The van der Waals surface area contributed by atoms with Gasteiger partial charge < -0.3 is 15.0 Å². The molecule has 0 unspecified atom stereocenters. The number of carbonyl (C=O) groups excluding carboxylic acids is 2. The van der Waals surface area contributed by atoms with Gasteiger partial charge in [0.2, 0.25) is 5.91 Å². The molecule has 1 heterocycles. The van der Waals surface area contributed by atoms with Gasteiger partial charge in [-0.3, -0.25) is 9.59 Å². The first-order valence-electron chi connectivity index (χ1n) is 7.56. The molecule has 0 aliphatic carbocycles. The molecule has 2 aromatic rings. The Hall–Kier alpha value is -2.34. The molecule has 2 amide bonds. The Morgan fingerprint density at radius 2 is 2.00 bits per heavy atom. The zero-order valence-corrected chi connectivity index (χ0v) is 15.0. The number of hydrogen-bond donors (Lipinski definition) is 1. The summed E-state index contributed by atoms with van der Waals surface area (Å²) in [5.41, 5.74) is 2.44. The van der Waals surface area contributed by atoms with Crippen molar-refractivity contribution in [3.8, 4) is 5.75 Å². The zero-order chi connectivity index (χ0) is 17.3. The van der Waals surface area contributed by atoms with Crippen molar-refractivity contribution in [2.24, 2.45) is 0 Å². The van der Waals surface area contributed by atoms with Gasteiger partial charge in [0.1, 0.15) is 5.75 Å². The molecule has 124 valence electrons. The standard InChI is InChI=1S/C18H17BrN2O3/c1-11-7-8-14(13(19)9-11)20-18(23)17-10-21(12(2)22)15-5-3-4-6-16(15)24-17/h3-9,17H,10H2,1-2H3,(H,20,23)/t17-/m1/s1. The van der Waals surface area contributed by atoms with Crippen molar-refractivity contribution >= 4 is 39.1 Å². The van der Waals surface area contributed by atoms with Crippen LogP contribution in [-0.4, -0.2) is 24.5 Å². The second-order valence-electron chi connectivity index (χ2n) is 5.68. The minimum atomic E-state index is -0.767. The Balaban J connectivity index is 1.82. The Kier molecular flexibility index (Phi) is 4.57. The molecule has 24 heavy (non-hydrogen) atoms. The molecular weight excluding hydrogens is 372 g/mol. The van der Waals surface area contributed by atoms with Crippen LogP contribution in [0.3, 0.4) is 0 Å². The zero-order valence-electron chi connectivity index (χ0n) is 13.4. The molecule has 5 nitrogen and oxygen atoms in total. The minimum absolute atomic E-state index is 0.125. The van der Waals surface area contributed by atoms with E-state index in [1.807, 2.05) is 37.3 Å². The van der Waals surface area contributed by atoms with E-state index in [4.69, 9.17) is 4.74 Å². The molecule has 0 saturated carbocycles. The maximum absolute atomic E-state index is 12.6. The molecular formula is C18H17BrN2O3. The van der Waals surface area contributed by atoms with Crippen molar-refractivity contribution in [3.63, 3.8) is 0 Å². The first kappa shape index (κ1) is 16.5. The van der Waals surface area contributed by atoms with E-state index in [2.05, 4.69) is 21.2 Å². The Bertz CT molecular complexity index is 807. The van der Waals surface area contributed by atoms with Gasteiger partial charge in [-0.25, -0.2) is 0 Å². The number of hydrogen-bond acceptors (Lipinski definition) is 3. The van der Waals surface area contributed by atoms with E-state index in [0.29, 0.717) is 17.1 Å². The van der Waals surface area contributed by atoms with Crippen molar-refractivity contribution in [3.05, 3.63) is 52.5 Å². The van der Waals surface area contributed by atoms with Gasteiger partial charge in [-0.1, -0.05) is 18.2 Å². The molecule has 0 fully saturated rings. The third kappa shape index (κ3) is 3.28. The number of amides is 2. The van der Waals surface area contributed by atoms with Gasteiger partial charge in [0, 0.05) is 11.4 Å². The molecule has 0 saturated heterocycles. The SMILES string of the molecule is CC(=O)N1C[C@H](C(=O)Nc2ccc(C)cc2Br)Oc2ccccc21. The quantitative estimate of drug-likeness (QED) is 0.855. The summed E-state index contributed by atoms with van der Waals surface area (Å²) in [4.78, 5) is 26.1. The number of para-hydroxylation sites is 2. The number of carbonyl (C=O) groups is 2. The molecule has 1 atom stereocenters. The van der Waals surface area contributed by atoms with Crippen LogP contribution < -0.4 is 15.0 Å². The summed E-state index contributed by atoms with van der Waals surface area (Å²) in [5, 5.41) is 2.85. The van der Waals surface area contributed by atoms with E-state index in [1.165, 1.54) is 6.92 Å². The van der Waals surface area contributed by atoms with Crippen LogP contribution in [0.2, 0.25) is 0 Å². The lowest BCUT2D eigenvalue weighted by Crippen LogP contribution is -2.48. The second-order valence-corrected chi connectivity index (χ2v) is 6.53. The van der Waals surface area contributed by atoms with Crippen molar-refractivity contribution in [2.75, 3.05) is 16.8 Å². The smallest absolute Gasteiger partial charge is 0.267 e. The van der Waals surface area contributed by atoms with Crippen LogP contribution in [0.25, 0.3) is 0 Å².